The van der Waals surface area contributed by atoms with Gasteiger partial charge in [-0.05, 0) is 60.5 Å². The minimum Gasteiger partial charge on any atom is -0.494 e. The van der Waals surface area contributed by atoms with Crippen molar-refractivity contribution < 1.29 is 4.74 Å². The van der Waals surface area contributed by atoms with Gasteiger partial charge in [-0.15, -0.1) is 0 Å². The summed E-state index contributed by atoms with van der Waals surface area (Å²) in [5.74, 6) is 1.60. The minimum atomic E-state index is 0.588. The molecule has 0 amide bonds. The molecule has 0 aliphatic carbocycles. The summed E-state index contributed by atoms with van der Waals surface area (Å²) >= 11 is 0. The van der Waals surface area contributed by atoms with Gasteiger partial charge in [-0.3, -0.25) is 0 Å². The summed E-state index contributed by atoms with van der Waals surface area (Å²) in [6.45, 7) is 5.21. The van der Waals surface area contributed by atoms with Crippen molar-refractivity contribution in [2.75, 3.05) is 19.7 Å². The minimum absolute atomic E-state index is 0.588. The van der Waals surface area contributed by atoms with Gasteiger partial charge >= 0.3 is 0 Å². The Kier molecular flexibility index (Phi) is 5.12. The van der Waals surface area contributed by atoms with Crippen molar-refractivity contribution in [3.8, 4) is 5.75 Å². The van der Waals surface area contributed by atoms with Crippen molar-refractivity contribution in [3.63, 3.8) is 0 Å². The summed E-state index contributed by atoms with van der Waals surface area (Å²) in [5, 5.41) is 3.49. The summed E-state index contributed by atoms with van der Waals surface area (Å²) in [7, 11) is 0. The Morgan fingerprint density at radius 1 is 1.14 bits per heavy atom. The molecule has 0 saturated heterocycles. The van der Waals surface area contributed by atoms with Gasteiger partial charge in [0.1, 0.15) is 5.75 Å². The van der Waals surface area contributed by atoms with Gasteiger partial charge in [0.25, 0.3) is 0 Å². The SMILES string of the molecule is C[C@@H]1CNCCc2cc(OCCCc3ccccc3)ccc21. The van der Waals surface area contributed by atoms with E-state index < -0.39 is 0 Å². The van der Waals surface area contributed by atoms with Crippen LogP contribution < -0.4 is 10.1 Å². The highest BCUT2D eigenvalue weighted by molar-refractivity contribution is 5.38. The monoisotopic (exact) mass is 295 g/mol. The van der Waals surface area contributed by atoms with Crippen molar-refractivity contribution in [2.45, 2.75) is 32.1 Å². The van der Waals surface area contributed by atoms with E-state index in [0.29, 0.717) is 5.92 Å². The molecule has 2 heteroatoms. The molecule has 2 aromatic carbocycles. The lowest BCUT2D eigenvalue weighted by molar-refractivity contribution is 0.310. The van der Waals surface area contributed by atoms with Crippen molar-refractivity contribution in [2.24, 2.45) is 0 Å². The molecule has 0 spiro atoms. The van der Waals surface area contributed by atoms with E-state index in [-0.39, 0.29) is 0 Å². The van der Waals surface area contributed by atoms with Crippen LogP contribution in [0.25, 0.3) is 0 Å². The van der Waals surface area contributed by atoms with Crippen LogP contribution in [0, 0.1) is 0 Å². The smallest absolute Gasteiger partial charge is 0.119 e. The summed E-state index contributed by atoms with van der Waals surface area (Å²) in [5.41, 5.74) is 4.30. The predicted molar refractivity (Wildman–Crippen MR) is 91.7 cm³/mol. The molecule has 2 nitrogen and oxygen atoms in total. The van der Waals surface area contributed by atoms with Crippen LogP contribution in [0.5, 0.6) is 5.75 Å². The van der Waals surface area contributed by atoms with Crippen LogP contribution in [-0.4, -0.2) is 19.7 Å². The third-order valence-electron chi connectivity index (χ3n) is 4.39. The van der Waals surface area contributed by atoms with Gasteiger partial charge in [0.05, 0.1) is 6.61 Å². The Morgan fingerprint density at radius 3 is 2.86 bits per heavy atom. The van der Waals surface area contributed by atoms with E-state index in [1.807, 2.05) is 0 Å². The average molecular weight is 295 g/mol. The Bertz CT molecular complexity index is 594. The molecule has 1 heterocycles. The molecule has 0 radical (unpaired) electrons. The molecule has 1 aliphatic heterocycles. The molecular weight excluding hydrogens is 270 g/mol. The fraction of sp³-hybridized carbons (Fsp3) is 0.400. The predicted octanol–water partition coefficient (Wildman–Crippen LogP) is 3.95. The molecule has 1 N–H and O–H groups in total. The first-order chi connectivity index (χ1) is 10.8. The average Bonchev–Trinajstić information content (AvgIpc) is 2.74. The summed E-state index contributed by atoms with van der Waals surface area (Å²) < 4.78 is 5.95. The van der Waals surface area contributed by atoms with Crippen LogP contribution in [0.15, 0.2) is 48.5 Å². The lowest BCUT2D eigenvalue weighted by Crippen LogP contribution is -2.18. The molecular formula is C20H25NO. The van der Waals surface area contributed by atoms with Crippen LogP contribution in [-0.2, 0) is 12.8 Å². The summed E-state index contributed by atoms with van der Waals surface area (Å²) in [6, 6.07) is 17.2. The van der Waals surface area contributed by atoms with Crippen LogP contribution in [0.4, 0.5) is 0 Å². The molecule has 1 atom stereocenters. The van der Waals surface area contributed by atoms with Gasteiger partial charge in [0.2, 0.25) is 0 Å². The van der Waals surface area contributed by atoms with Gasteiger partial charge < -0.3 is 10.1 Å². The van der Waals surface area contributed by atoms with Gasteiger partial charge in [-0.1, -0.05) is 43.3 Å². The molecule has 0 unspecified atom stereocenters. The Morgan fingerprint density at radius 2 is 2.00 bits per heavy atom. The lowest BCUT2D eigenvalue weighted by atomic mass is 9.95. The molecule has 0 fully saturated rings. The van der Waals surface area contributed by atoms with E-state index in [9.17, 15) is 0 Å². The summed E-state index contributed by atoms with van der Waals surface area (Å²) in [4.78, 5) is 0. The quantitative estimate of drug-likeness (QED) is 0.843. The number of hydrogen-bond donors (Lipinski definition) is 1. The lowest BCUT2D eigenvalue weighted by Gasteiger charge is -2.14. The highest BCUT2D eigenvalue weighted by Gasteiger charge is 2.14. The van der Waals surface area contributed by atoms with Crippen LogP contribution in [0.3, 0.4) is 0 Å². The van der Waals surface area contributed by atoms with E-state index >= 15 is 0 Å². The van der Waals surface area contributed by atoms with Crippen LogP contribution in [0.2, 0.25) is 0 Å². The first-order valence-corrected chi connectivity index (χ1v) is 8.33. The van der Waals surface area contributed by atoms with E-state index in [0.717, 1.165) is 44.7 Å². The van der Waals surface area contributed by atoms with Gasteiger partial charge in [-0.25, -0.2) is 0 Å². The second kappa shape index (κ2) is 7.46. The Hall–Kier alpha value is -1.80. The van der Waals surface area contributed by atoms with Crippen molar-refractivity contribution >= 4 is 0 Å². The van der Waals surface area contributed by atoms with Crippen LogP contribution in [0.1, 0.15) is 36.0 Å². The number of benzene rings is 2. The van der Waals surface area contributed by atoms with E-state index in [4.69, 9.17) is 4.74 Å². The molecule has 1 aliphatic rings. The molecule has 0 saturated carbocycles. The second-order valence-electron chi connectivity index (χ2n) is 6.15. The van der Waals surface area contributed by atoms with E-state index in [2.05, 4.69) is 60.8 Å². The van der Waals surface area contributed by atoms with Crippen molar-refractivity contribution in [1.82, 2.24) is 5.32 Å². The van der Waals surface area contributed by atoms with Gasteiger partial charge in [-0.2, -0.15) is 0 Å². The standard InChI is InChI=1S/C20H25NO/c1-16-15-21-12-11-18-14-19(9-10-20(16)18)22-13-5-8-17-6-3-2-4-7-17/h2-4,6-7,9-10,14,16,21H,5,8,11-13,15H2,1H3/t16-/m1/s1. The molecule has 116 valence electrons. The number of hydrogen-bond acceptors (Lipinski definition) is 2. The fourth-order valence-corrected chi connectivity index (χ4v) is 3.13. The Labute approximate surface area is 133 Å². The number of ether oxygens (including phenoxy) is 1. The van der Waals surface area contributed by atoms with Crippen molar-refractivity contribution in [3.05, 3.63) is 65.2 Å². The third kappa shape index (κ3) is 3.89. The number of rotatable bonds is 5. The first-order valence-electron chi connectivity index (χ1n) is 8.33. The zero-order valence-corrected chi connectivity index (χ0v) is 13.3. The fourth-order valence-electron chi connectivity index (χ4n) is 3.13. The maximum Gasteiger partial charge on any atom is 0.119 e. The Balaban J connectivity index is 1.54. The van der Waals surface area contributed by atoms with Gasteiger partial charge in [0, 0.05) is 6.54 Å². The van der Waals surface area contributed by atoms with E-state index in [1.165, 1.54) is 16.7 Å². The molecule has 2 aromatic rings. The molecule has 0 bridgehead atoms. The third-order valence-corrected chi connectivity index (χ3v) is 4.39. The van der Waals surface area contributed by atoms with E-state index in [1.54, 1.807) is 0 Å². The topological polar surface area (TPSA) is 21.3 Å². The highest BCUT2D eigenvalue weighted by atomic mass is 16.5. The normalized spacial score (nSPS) is 17.6. The van der Waals surface area contributed by atoms with Crippen molar-refractivity contribution in [1.29, 1.82) is 0 Å². The first kappa shape index (κ1) is 15.1. The second-order valence-corrected chi connectivity index (χ2v) is 6.15. The zero-order valence-electron chi connectivity index (χ0n) is 13.3. The number of aryl methyl sites for hydroxylation is 1. The zero-order chi connectivity index (χ0) is 15.2. The van der Waals surface area contributed by atoms with Gasteiger partial charge in [0.15, 0.2) is 0 Å². The highest BCUT2D eigenvalue weighted by Crippen LogP contribution is 2.26. The number of nitrogens with one attached hydrogen (secondary N) is 1. The molecule has 3 rings (SSSR count). The molecule has 22 heavy (non-hydrogen) atoms. The van der Waals surface area contributed by atoms with Crippen LogP contribution >= 0.6 is 0 Å². The maximum absolute atomic E-state index is 5.95. The maximum atomic E-state index is 5.95. The largest absolute Gasteiger partial charge is 0.494 e. The number of fused-ring (bicyclic) bond motifs is 1. The summed E-state index contributed by atoms with van der Waals surface area (Å²) in [6.07, 6.45) is 3.23. The molecule has 0 aromatic heterocycles.